The van der Waals surface area contributed by atoms with Gasteiger partial charge in [-0.2, -0.15) is 0 Å². The smallest absolute Gasteiger partial charge is 0.306 e. The highest BCUT2D eigenvalue weighted by atomic mass is 16.7. The van der Waals surface area contributed by atoms with Crippen molar-refractivity contribution in [3.05, 3.63) is 48.6 Å². The highest BCUT2D eigenvalue weighted by molar-refractivity contribution is 5.70. The van der Waals surface area contributed by atoms with Crippen molar-refractivity contribution < 1.29 is 73.8 Å². The number of aliphatic hydroxyl groups is 7. The fourth-order valence-corrected chi connectivity index (χ4v) is 7.05. The van der Waals surface area contributed by atoms with Gasteiger partial charge >= 0.3 is 11.9 Å². The molecular weight excluding hydrogens is 805 g/mol. The fourth-order valence-electron chi connectivity index (χ4n) is 7.05. The van der Waals surface area contributed by atoms with E-state index in [2.05, 4.69) is 26.0 Å². The topological polar surface area (TPSA) is 231 Å². The average molecular weight is 885 g/mol. The Morgan fingerprint density at radius 2 is 1.02 bits per heavy atom. The summed E-state index contributed by atoms with van der Waals surface area (Å²) in [6.45, 7) is 2.38. The Morgan fingerprint density at radius 1 is 0.532 bits per heavy atom. The first-order valence-electron chi connectivity index (χ1n) is 23.3. The van der Waals surface area contributed by atoms with E-state index in [-0.39, 0.29) is 19.4 Å². The lowest BCUT2D eigenvalue weighted by molar-refractivity contribution is -0.332. The Balaban J connectivity index is 1.87. The Hall–Kier alpha value is -2.54. The zero-order valence-corrected chi connectivity index (χ0v) is 37.3. The van der Waals surface area contributed by atoms with Gasteiger partial charge in [0.25, 0.3) is 0 Å². The van der Waals surface area contributed by atoms with Gasteiger partial charge in [0, 0.05) is 12.8 Å². The number of hydrogen-bond donors (Lipinski definition) is 7. The maximum atomic E-state index is 12.9. The van der Waals surface area contributed by atoms with Gasteiger partial charge in [-0.3, -0.25) is 9.59 Å². The third-order valence-electron chi connectivity index (χ3n) is 10.9. The molecule has 11 atom stereocenters. The summed E-state index contributed by atoms with van der Waals surface area (Å²) < 4.78 is 33.4. The number of rotatable bonds is 34. The van der Waals surface area contributed by atoms with E-state index in [0.717, 1.165) is 44.9 Å². The number of hydrogen-bond acceptors (Lipinski definition) is 15. The second-order valence-electron chi connectivity index (χ2n) is 16.3. The molecule has 358 valence electrons. The molecule has 2 rings (SSSR count). The predicted molar refractivity (Wildman–Crippen MR) is 233 cm³/mol. The van der Waals surface area contributed by atoms with Crippen molar-refractivity contribution in [3.63, 3.8) is 0 Å². The molecular formula is C47H80O15. The maximum Gasteiger partial charge on any atom is 0.306 e. The molecule has 0 radical (unpaired) electrons. The normalized spacial score (nSPS) is 27.5. The molecule has 0 saturated carbocycles. The van der Waals surface area contributed by atoms with E-state index in [9.17, 15) is 45.3 Å². The summed E-state index contributed by atoms with van der Waals surface area (Å²) in [4.78, 5) is 25.6. The number of carbonyl (C=O) groups excluding carboxylic acids is 2. The molecule has 2 aliphatic rings. The van der Waals surface area contributed by atoms with Gasteiger partial charge in [0.2, 0.25) is 0 Å². The quantitative estimate of drug-likeness (QED) is 0.0252. The third-order valence-corrected chi connectivity index (χ3v) is 10.9. The van der Waals surface area contributed by atoms with Crippen LogP contribution in [0.5, 0.6) is 0 Å². The van der Waals surface area contributed by atoms with Crippen LogP contribution in [0.15, 0.2) is 48.6 Å². The Morgan fingerprint density at radius 3 is 1.60 bits per heavy atom. The molecule has 2 saturated heterocycles. The van der Waals surface area contributed by atoms with Crippen LogP contribution in [0.3, 0.4) is 0 Å². The van der Waals surface area contributed by atoms with Crippen molar-refractivity contribution in [1.82, 2.24) is 0 Å². The zero-order valence-electron chi connectivity index (χ0n) is 37.3. The Bertz CT molecular complexity index is 1270. The van der Waals surface area contributed by atoms with Crippen LogP contribution in [0.25, 0.3) is 0 Å². The summed E-state index contributed by atoms with van der Waals surface area (Å²) in [5.41, 5.74) is 0. The molecule has 0 aromatic rings. The van der Waals surface area contributed by atoms with Crippen molar-refractivity contribution >= 4 is 11.9 Å². The highest BCUT2D eigenvalue weighted by Gasteiger charge is 2.47. The lowest BCUT2D eigenvalue weighted by atomic mass is 9.98. The number of carbonyl (C=O) groups is 2. The minimum Gasteiger partial charge on any atom is -0.462 e. The van der Waals surface area contributed by atoms with E-state index < -0.39 is 99.3 Å². The van der Waals surface area contributed by atoms with E-state index >= 15 is 0 Å². The van der Waals surface area contributed by atoms with Crippen LogP contribution in [0.2, 0.25) is 0 Å². The van der Waals surface area contributed by atoms with Crippen LogP contribution in [-0.4, -0.2) is 142 Å². The van der Waals surface area contributed by atoms with Gasteiger partial charge in [0.15, 0.2) is 18.7 Å². The molecule has 62 heavy (non-hydrogen) atoms. The number of ether oxygens (including phenoxy) is 6. The van der Waals surface area contributed by atoms with Crippen LogP contribution in [-0.2, 0) is 38.0 Å². The molecule has 2 aliphatic heterocycles. The summed E-state index contributed by atoms with van der Waals surface area (Å²) >= 11 is 0. The molecule has 0 aromatic heterocycles. The largest absolute Gasteiger partial charge is 0.462 e. The van der Waals surface area contributed by atoms with Gasteiger partial charge in [-0.1, -0.05) is 146 Å². The molecule has 0 aliphatic carbocycles. The van der Waals surface area contributed by atoms with Gasteiger partial charge in [-0.25, -0.2) is 0 Å². The summed E-state index contributed by atoms with van der Waals surface area (Å²) in [7, 11) is 0. The lowest BCUT2D eigenvalue weighted by Crippen LogP contribution is -2.61. The first-order chi connectivity index (χ1) is 30.0. The van der Waals surface area contributed by atoms with E-state index in [4.69, 9.17) is 28.4 Å². The van der Waals surface area contributed by atoms with Gasteiger partial charge in [0.05, 0.1) is 19.8 Å². The van der Waals surface area contributed by atoms with Gasteiger partial charge in [-0.05, 0) is 32.1 Å². The predicted octanol–water partition coefficient (Wildman–Crippen LogP) is 5.15. The van der Waals surface area contributed by atoms with E-state index in [1.165, 1.54) is 57.8 Å². The van der Waals surface area contributed by atoms with Crippen LogP contribution in [0.1, 0.15) is 142 Å². The molecule has 2 heterocycles. The molecule has 15 nitrogen and oxygen atoms in total. The third kappa shape index (κ3) is 23.4. The monoisotopic (exact) mass is 885 g/mol. The van der Waals surface area contributed by atoms with Crippen LogP contribution < -0.4 is 0 Å². The fraction of sp³-hybridized carbons (Fsp3) is 0.787. The molecule has 0 spiro atoms. The molecule has 0 bridgehead atoms. The molecule has 7 N–H and O–H groups in total. The van der Waals surface area contributed by atoms with Crippen LogP contribution in [0.4, 0.5) is 0 Å². The minimum atomic E-state index is -1.77. The number of esters is 2. The molecule has 0 amide bonds. The number of allylic oxidation sites excluding steroid dienone is 8. The minimum absolute atomic E-state index is 0.119. The van der Waals surface area contributed by atoms with Crippen molar-refractivity contribution in [2.24, 2.45) is 0 Å². The standard InChI is InChI=1S/C47H80O15/c1-3-5-7-9-11-13-15-17-19-21-23-25-27-29-38(49)57-32-35(60-39(50)30-28-26-24-22-20-18-16-14-12-10-8-6-4-2)33-58-46-45(56)43(54)41(52)37(62-46)34-59-47-44(55)42(53)40(51)36(31-48)61-47/h6,8,10,12,14,16,18,20,35-37,40-48,51-56H,3-5,7,9,11,13,15,17,19,21-34H2,1-2H3/b8-6+,12-10+,16-14+,20-18+/t35?,36-,37-,40+,41+,42?,43?,44?,45?,46-,47-/m1/s1. The highest BCUT2D eigenvalue weighted by Crippen LogP contribution is 2.26. The SMILES string of the molecule is CC/C=C/C=C/C=C/C=C/CCCCCC(=O)OC(COC(=O)CCCCCCCCCCCCCCC)CO[C@@H]1O[C@H](CO[C@@H]2O[C@H](CO)[C@H](O)C(O)C2O)[C@H](O)C(O)C1O. The molecule has 2 fully saturated rings. The average Bonchev–Trinajstić information content (AvgIpc) is 3.26. The van der Waals surface area contributed by atoms with E-state index in [1.807, 2.05) is 36.5 Å². The van der Waals surface area contributed by atoms with Gasteiger partial charge in [-0.15, -0.1) is 0 Å². The van der Waals surface area contributed by atoms with E-state index in [0.29, 0.717) is 12.8 Å². The summed E-state index contributed by atoms with van der Waals surface area (Å²) in [6, 6.07) is 0. The maximum absolute atomic E-state index is 12.9. The van der Waals surface area contributed by atoms with Crippen LogP contribution >= 0.6 is 0 Å². The van der Waals surface area contributed by atoms with Crippen LogP contribution in [0, 0.1) is 0 Å². The van der Waals surface area contributed by atoms with Crippen molar-refractivity contribution in [3.8, 4) is 0 Å². The summed E-state index contributed by atoms with van der Waals surface area (Å²) in [5, 5.41) is 71.9. The second kappa shape index (κ2) is 34.8. The first kappa shape index (κ1) is 55.6. The van der Waals surface area contributed by atoms with Crippen molar-refractivity contribution in [2.75, 3.05) is 26.4 Å². The molecule has 0 aromatic carbocycles. The second-order valence-corrected chi connectivity index (χ2v) is 16.3. The summed E-state index contributed by atoms with van der Waals surface area (Å²) in [5.74, 6) is -0.973. The summed E-state index contributed by atoms with van der Waals surface area (Å²) in [6.07, 6.45) is 18.7. The van der Waals surface area contributed by atoms with Gasteiger partial charge < -0.3 is 64.2 Å². The van der Waals surface area contributed by atoms with E-state index in [1.54, 1.807) is 0 Å². The van der Waals surface area contributed by atoms with Crippen molar-refractivity contribution in [2.45, 2.75) is 210 Å². The molecule has 5 unspecified atom stereocenters. The first-order valence-corrected chi connectivity index (χ1v) is 23.3. The van der Waals surface area contributed by atoms with Crippen molar-refractivity contribution in [1.29, 1.82) is 0 Å². The Labute approximate surface area is 369 Å². The van der Waals surface area contributed by atoms with Gasteiger partial charge in [0.1, 0.15) is 55.4 Å². The number of unbranched alkanes of at least 4 members (excludes halogenated alkanes) is 15. The lowest BCUT2D eigenvalue weighted by Gasteiger charge is -2.42. The molecule has 15 heteroatoms. The Kier molecular flexibility index (Phi) is 31.2. The zero-order chi connectivity index (χ0) is 45.4. The number of aliphatic hydroxyl groups excluding tert-OH is 7.